The van der Waals surface area contributed by atoms with Gasteiger partial charge in [0.05, 0.1) is 24.0 Å². The van der Waals surface area contributed by atoms with Crippen molar-refractivity contribution >= 4 is 38.4 Å². The first-order valence-corrected chi connectivity index (χ1v) is 11.5. The Morgan fingerprint density at radius 2 is 1.81 bits per heavy atom. The first-order chi connectivity index (χ1) is 12.9. The fourth-order valence-corrected chi connectivity index (χ4v) is 7.41. The Hall–Kier alpha value is -2.12. The number of aliphatic imine (C=N–C) groups is 1. The largest absolute Gasteiger partial charge is 0.316 e. The molecule has 0 aromatic heterocycles. The molecule has 0 N–H and O–H groups in total. The number of para-hydroxylation sites is 1. The molecule has 0 bridgehead atoms. The molecule has 0 unspecified atom stereocenters. The third kappa shape index (κ3) is 3.94. The molecule has 27 heavy (non-hydrogen) atoms. The summed E-state index contributed by atoms with van der Waals surface area (Å²) in [4.78, 5) is 18.8. The van der Waals surface area contributed by atoms with Gasteiger partial charge in [-0.3, -0.25) is 4.79 Å². The first-order valence-electron chi connectivity index (χ1n) is 8.80. The zero-order chi connectivity index (χ0) is 19.0. The van der Waals surface area contributed by atoms with Crippen molar-refractivity contribution < 1.29 is 13.2 Å². The summed E-state index contributed by atoms with van der Waals surface area (Å²) in [5.41, 5.74) is 2.94. The number of amidine groups is 1. The Bertz CT molecular complexity index is 986. The standard InChI is InChI=1S/C20H20N2O3S2/c1-14-7-9-15(10-8-14)11-19(23)21-20-22(16-5-3-2-4-6-16)17-12-27(24,25)13-18(17)26-20/h2-10,17-18H,11-13H2,1H3/t17-,18+/m1/s1. The van der Waals surface area contributed by atoms with Crippen LogP contribution in [0.25, 0.3) is 0 Å². The van der Waals surface area contributed by atoms with Gasteiger partial charge in [-0.2, -0.15) is 4.99 Å². The van der Waals surface area contributed by atoms with Crippen LogP contribution in [0.1, 0.15) is 11.1 Å². The Kier molecular flexibility index (Phi) is 4.82. The highest BCUT2D eigenvalue weighted by molar-refractivity contribution is 8.16. The molecule has 2 fully saturated rings. The van der Waals surface area contributed by atoms with Crippen molar-refractivity contribution in [1.29, 1.82) is 0 Å². The highest BCUT2D eigenvalue weighted by atomic mass is 32.2. The van der Waals surface area contributed by atoms with Crippen molar-refractivity contribution in [2.75, 3.05) is 16.4 Å². The fraction of sp³-hybridized carbons (Fsp3) is 0.300. The topological polar surface area (TPSA) is 66.8 Å². The summed E-state index contributed by atoms with van der Waals surface area (Å²) in [5.74, 6) is 0.0202. The maximum absolute atomic E-state index is 12.5. The van der Waals surface area contributed by atoms with E-state index in [1.165, 1.54) is 11.8 Å². The van der Waals surface area contributed by atoms with Crippen LogP contribution in [0.2, 0.25) is 0 Å². The van der Waals surface area contributed by atoms with Crippen molar-refractivity contribution in [3.8, 4) is 0 Å². The number of carbonyl (C=O) groups excluding carboxylic acids is 1. The summed E-state index contributed by atoms with van der Waals surface area (Å²) < 4.78 is 24.1. The first kappa shape index (κ1) is 18.3. The minimum atomic E-state index is -3.05. The SMILES string of the molecule is Cc1ccc(CC(=O)N=C2S[C@H]3CS(=O)(=O)C[C@H]3N2c2ccccc2)cc1. The van der Waals surface area contributed by atoms with Gasteiger partial charge in [0.2, 0.25) is 0 Å². The van der Waals surface area contributed by atoms with Gasteiger partial charge in [-0.25, -0.2) is 8.42 Å². The molecule has 0 radical (unpaired) electrons. The molecular weight excluding hydrogens is 380 g/mol. The Morgan fingerprint density at radius 1 is 1.11 bits per heavy atom. The van der Waals surface area contributed by atoms with Gasteiger partial charge in [0.25, 0.3) is 5.91 Å². The molecule has 2 aliphatic heterocycles. The number of hydrogen-bond donors (Lipinski definition) is 0. The zero-order valence-electron chi connectivity index (χ0n) is 14.9. The van der Waals surface area contributed by atoms with Crippen molar-refractivity contribution in [3.05, 3.63) is 65.7 Å². The molecule has 0 aliphatic carbocycles. The summed E-state index contributed by atoms with van der Waals surface area (Å²) in [7, 11) is -3.05. The van der Waals surface area contributed by atoms with Crippen LogP contribution in [-0.4, -0.2) is 42.3 Å². The average Bonchev–Trinajstić information content (AvgIpc) is 3.08. The Labute approximate surface area is 163 Å². The Morgan fingerprint density at radius 3 is 2.52 bits per heavy atom. The number of nitrogens with zero attached hydrogens (tertiary/aromatic N) is 2. The van der Waals surface area contributed by atoms with E-state index in [4.69, 9.17) is 0 Å². The molecule has 7 heteroatoms. The Balaban J connectivity index is 1.61. The van der Waals surface area contributed by atoms with Crippen molar-refractivity contribution in [2.24, 2.45) is 4.99 Å². The number of sulfone groups is 1. The number of fused-ring (bicyclic) bond motifs is 1. The monoisotopic (exact) mass is 400 g/mol. The molecule has 2 aromatic rings. The normalized spacial score (nSPS) is 24.9. The molecule has 0 spiro atoms. The van der Waals surface area contributed by atoms with Crippen LogP contribution < -0.4 is 4.90 Å². The highest BCUT2D eigenvalue weighted by Crippen LogP contribution is 2.40. The third-order valence-corrected chi connectivity index (χ3v) is 8.01. The second-order valence-corrected chi connectivity index (χ2v) is 10.3. The average molecular weight is 401 g/mol. The minimum Gasteiger partial charge on any atom is -0.316 e. The number of amides is 1. The smallest absolute Gasteiger partial charge is 0.252 e. The number of anilines is 1. The van der Waals surface area contributed by atoms with Crippen LogP contribution in [0.15, 0.2) is 59.6 Å². The molecule has 140 valence electrons. The van der Waals surface area contributed by atoms with Gasteiger partial charge < -0.3 is 4.90 Å². The number of carbonyl (C=O) groups is 1. The maximum Gasteiger partial charge on any atom is 0.252 e. The van der Waals surface area contributed by atoms with E-state index in [2.05, 4.69) is 4.99 Å². The molecule has 5 nitrogen and oxygen atoms in total. The van der Waals surface area contributed by atoms with E-state index in [0.29, 0.717) is 5.17 Å². The molecule has 4 rings (SSSR count). The van der Waals surface area contributed by atoms with Gasteiger partial charge in [-0.1, -0.05) is 59.8 Å². The molecule has 2 aromatic carbocycles. The van der Waals surface area contributed by atoms with Crippen LogP contribution in [-0.2, 0) is 21.1 Å². The van der Waals surface area contributed by atoms with Gasteiger partial charge >= 0.3 is 0 Å². The molecule has 2 heterocycles. The maximum atomic E-state index is 12.5. The van der Waals surface area contributed by atoms with E-state index in [1.54, 1.807) is 0 Å². The minimum absolute atomic E-state index is 0.0823. The second-order valence-electron chi connectivity index (χ2n) is 6.96. The zero-order valence-corrected chi connectivity index (χ0v) is 16.5. The quantitative estimate of drug-likeness (QED) is 0.793. The number of hydrogen-bond acceptors (Lipinski definition) is 4. The molecule has 2 atom stereocenters. The molecule has 2 aliphatic rings. The van der Waals surface area contributed by atoms with E-state index in [1.807, 2.05) is 66.4 Å². The summed E-state index contributed by atoms with van der Waals surface area (Å²) in [6.45, 7) is 2.01. The lowest BCUT2D eigenvalue weighted by atomic mass is 10.1. The molecular formula is C20H20N2O3S2. The van der Waals surface area contributed by atoms with Crippen LogP contribution in [0.5, 0.6) is 0 Å². The van der Waals surface area contributed by atoms with Gasteiger partial charge in [0.1, 0.15) is 0 Å². The summed E-state index contributed by atoms with van der Waals surface area (Å²) in [6.07, 6.45) is 0.237. The van der Waals surface area contributed by atoms with E-state index in [0.717, 1.165) is 16.8 Å². The lowest BCUT2D eigenvalue weighted by Crippen LogP contribution is -2.37. The van der Waals surface area contributed by atoms with Gasteiger partial charge in [-0.15, -0.1) is 0 Å². The van der Waals surface area contributed by atoms with Crippen molar-refractivity contribution in [2.45, 2.75) is 24.6 Å². The van der Waals surface area contributed by atoms with Gasteiger partial charge in [0.15, 0.2) is 15.0 Å². The highest BCUT2D eigenvalue weighted by Gasteiger charge is 2.49. The predicted molar refractivity (Wildman–Crippen MR) is 110 cm³/mol. The van der Waals surface area contributed by atoms with E-state index in [-0.39, 0.29) is 35.1 Å². The van der Waals surface area contributed by atoms with E-state index >= 15 is 0 Å². The van der Waals surface area contributed by atoms with Crippen LogP contribution in [0.3, 0.4) is 0 Å². The van der Waals surface area contributed by atoms with Crippen LogP contribution in [0.4, 0.5) is 5.69 Å². The third-order valence-electron chi connectivity index (χ3n) is 4.80. The number of aryl methyl sites for hydroxylation is 1. The second kappa shape index (κ2) is 7.13. The van der Waals surface area contributed by atoms with Crippen molar-refractivity contribution in [3.63, 3.8) is 0 Å². The van der Waals surface area contributed by atoms with Gasteiger partial charge in [-0.05, 0) is 24.6 Å². The lowest BCUT2D eigenvalue weighted by Gasteiger charge is -2.24. The fourth-order valence-electron chi connectivity index (χ4n) is 3.48. The number of benzene rings is 2. The van der Waals surface area contributed by atoms with Crippen LogP contribution in [0, 0.1) is 6.92 Å². The molecule has 1 amide bonds. The van der Waals surface area contributed by atoms with Crippen LogP contribution >= 0.6 is 11.8 Å². The summed E-state index contributed by atoms with van der Waals surface area (Å²) in [6, 6.07) is 17.2. The molecule has 0 saturated carbocycles. The van der Waals surface area contributed by atoms with E-state index < -0.39 is 9.84 Å². The summed E-state index contributed by atoms with van der Waals surface area (Å²) in [5, 5.41) is 0.518. The lowest BCUT2D eigenvalue weighted by molar-refractivity contribution is -0.117. The number of thioether (sulfide) groups is 1. The van der Waals surface area contributed by atoms with Gasteiger partial charge in [0, 0.05) is 10.9 Å². The van der Waals surface area contributed by atoms with Crippen molar-refractivity contribution in [1.82, 2.24) is 0 Å². The molecule has 2 saturated heterocycles. The number of rotatable bonds is 3. The predicted octanol–water partition coefficient (Wildman–Crippen LogP) is 2.84. The summed E-state index contributed by atoms with van der Waals surface area (Å²) >= 11 is 1.40. The van der Waals surface area contributed by atoms with E-state index in [9.17, 15) is 13.2 Å².